The molecule has 5 heteroatoms. The van der Waals surface area contributed by atoms with Crippen LogP contribution in [0.1, 0.15) is 30.1 Å². The monoisotopic (exact) mass is 264 g/mol. The van der Waals surface area contributed by atoms with E-state index in [-0.39, 0.29) is 5.56 Å². The predicted molar refractivity (Wildman–Crippen MR) is 74.7 cm³/mol. The van der Waals surface area contributed by atoms with Gasteiger partial charge in [-0.1, -0.05) is 0 Å². The van der Waals surface area contributed by atoms with E-state index in [1.54, 1.807) is 12.1 Å². The van der Waals surface area contributed by atoms with Gasteiger partial charge in [-0.3, -0.25) is 0 Å². The van der Waals surface area contributed by atoms with Crippen molar-refractivity contribution in [1.82, 2.24) is 0 Å². The smallest absolute Gasteiger partial charge is 0.337 e. The number of benzene rings is 1. The van der Waals surface area contributed by atoms with Gasteiger partial charge in [0.05, 0.1) is 11.7 Å². The first kappa shape index (κ1) is 13.7. The van der Waals surface area contributed by atoms with Gasteiger partial charge in [0, 0.05) is 31.1 Å². The molecule has 1 fully saturated rings. The molecule has 3 N–H and O–H groups in total. The SMILES string of the molecule is CCOC1CCN(c2ccc(N)c(C(=O)O)c2)CC1. The average Bonchev–Trinajstić information content (AvgIpc) is 2.40. The van der Waals surface area contributed by atoms with E-state index in [1.165, 1.54) is 0 Å². The summed E-state index contributed by atoms with van der Waals surface area (Å²) in [5.41, 5.74) is 7.06. The zero-order valence-corrected chi connectivity index (χ0v) is 11.1. The highest BCUT2D eigenvalue weighted by molar-refractivity contribution is 5.94. The summed E-state index contributed by atoms with van der Waals surface area (Å²) >= 11 is 0. The lowest BCUT2D eigenvalue weighted by molar-refractivity contribution is 0.0459. The van der Waals surface area contributed by atoms with E-state index >= 15 is 0 Å². The largest absolute Gasteiger partial charge is 0.478 e. The Morgan fingerprint density at radius 3 is 2.74 bits per heavy atom. The molecule has 104 valence electrons. The van der Waals surface area contributed by atoms with Crippen LogP contribution in [0, 0.1) is 0 Å². The highest BCUT2D eigenvalue weighted by Crippen LogP contribution is 2.25. The number of nitrogens with zero attached hydrogens (tertiary/aromatic N) is 1. The van der Waals surface area contributed by atoms with Crippen molar-refractivity contribution in [3.63, 3.8) is 0 Å². The van der Waals surface area contributed by atoms with Gasteiger partial charge in [-0.2, -0.15) is 0 Å². The fraction of sp³-hybridized carbons (Fsp3) is 0.500. The van der Waals surface area contributed by atoms with Crippen LogP contribution in [0.15, 0.2) is 18.2 Å². The lowest BCUT2D eigenvalue weighted by Gasteiger charge is -2.33. The first-order valence-electron chi connectivity index (χ1n) is 6.61. The minimum atomic E-state index is -0.983. The second-order valence-electron chi connectivity index (χ2n) is 4.72. The fourth-order valence-electron chi connectivity index (χ4n) is 2.44. The zero-order chi connectivity index (χ0) is 13.8. The van der Waals surface area contributed by atoms with Crippen LogP contribution in [-0.2, 0) is 4.74 Å². The van der Waals surface area contributed by atoms with E-state index in [0.29, 0.717) is 11.8 Å². The Morgan fingerprint density at radius 2 is 2.16 bits per heavy atom. The fourth-order valence-corrected chi connectivity index (χ4v) is 2.44. The number of ether oxygens (including phenoxy) is 1. The Labute approximate surface area is 113 Å². The van der Waals surface area contributed by atoms with Crippen LogP contribution in [0.2, 0.25) is 0 Å². The lowest BCUT2D eigenvalue weighted by Crippen LogP contribution is -2.37. The minimum absolute atomic E-state index is 0.171. The number of hydrogen-bond donors (Lipinski definition) is 2. The molecule has 1 aromatic carbocycles. The van der Waals surface area contributed by atoms with Crippen LogP contribution in [0.25, 0.3) is 0 Å². The third-order valence-corrected chi connectivity index (χ3v) is 3.48. The highest BCUT2D eigenvalue weighted by Gasteiger charge is 2.20. The molecule has 0 unspecified atom stereocenters. The molecule has 0 spiro atoms. The summed E-state index contributed by atoms with van der Waals surface area (Å²) < 4.78 is 5.61. The van der Waals surface area contributed by atoms with E-state index in [9.17, 15) is 4.79 Å². The number of piperidine rings is 1. The maximum Gasteiger partial charge on any atom is 0.337 e. The summed E-state index contributed by atoms with van der Waals surface area (Å²) in [6.45, 7) is 4.52. The van der Waals surface area contributed by atoms with Crippen molar-refractivity contribution in [3.05, 3.63) is 23.8 Å². The Balaban J connectivity index is 2.07. The maximum absolute atomic E-state index is 11.1. The van der Waals surface area contributed by atoms with Crippen molar-refractivity contribution in [3.8, 4) is 0 Å². The van der Waals surface area contributed by atoms with Crippen LogP contribution < -0.4 is 10.6 Å². The van der Waals surface area contributed by atoms with Gasteiger partial charge in [0.2, 0.25) is 0 Å². The third-order valence-electron chi connectivity index (χ3n) is 3.48. The molecule has 0 aromatic heterocycles. The standard InChI is InChI=1S/C14H20N2O3/c1-2-19-11-5-7-16(8-6-11)10-3-4-13(15)12(9-10)14(17)18/h3-4,9,11H,2,5-8,15H2,1H3,(H,17,18). The van der Waals surface area contributed by atoms with Crippen molar-refractivity contribution in [2.45, 2.75) is 25.9 Å². The molecule has 1 aliphatic heterocycles. The molecule has 0 bridgehead atoms. The molecule has 2 rings (SSSR count). The summed E-state index contributed by atoms with van der Waals surface area (Å²) in [5.74, 6) is -0.983. The van der Waals surface area contributed by atoms with Crippen LogP contribution in [0.5, 0.6) is 0 Å². The molecule has 0 aliphatic carbocycles. The average molecular weight is 264 g/mol. The molecule has 19 heavy (non-hydrogen) atoms. The zero-order valence-electron chi connectivity index (χ0n) is 11.1. The number of carbonyl (C=O) groups is 1. The van der Waals surface area contributed by atoms with Crippen molar-refractivity contribution >= 4 is 17.3 Å². The number of rotatable bonds is 4. The van der Waals surface area contributed by atoms with E-state index in [4.69, 9.17) is 15.6 Å². The van der Waals surface area contributed by atoms with Gasteiger partial charge in [0.25, 0.3) is 0 Å². The summed E-state index contributed by atoms with van der Waals surface area (Å²) in [5, 5.41) is 9.08. The molecule has 0 radical (unpaired) electrons. The van der Waals surface area contributed by atoms with Crippen molar-refractivity contribution in [1.29, 1.82) is 0 Å². The van der Waals surface area contributed by atoms with Crippen molar-refractivity contribution in [2.24, 2.45) is 0 Å². The van der Waals surface area contributed by atoms with Gasteiger partial charge in [0.1, 0.15) is 0 Å². The molecular formula is C14H20N2O3. The lowest BCUT2D eigenvalue weighted by atomic mass is 10.1. The van der Waals surface area contributed by atoms with E-state index in [0.717, 1.165) is 38.2 Å². The van der Waals surface area contributed by atoms with E-state index in [2.05, 4.69) is 4.90 Å². The normalized spacial score (nSPS) is 16.6. The molecule has 1 aliphatic rings. The van der Waals surface area contributed by atoms with Gasteiger partial charge < -0.3 is 20.5 Å². The summed E-state index contributed by atoms with van der Waals surface area (Å²) in [6, 6.07) is 5.19. The second-order valence-corrected chi connectivity index (χ2v) is 4.72. The molecule has 0 amide bonds. The summed E-state index contributed by atoms with van der Waals surface area (Å²) in [6.07, 6.45) is 2.27. The van der Waals surface area contributed by atoms with Gasteiger partial charge in [-0.15, -0.1) is 0 Å². The molecule has 0 atom stereocenters. The number of nitrogen functional groups attached to an aromatic ring is 1. The number of aromatic carboxylic acids is 1. The van der Waals surface area contributed by atoms with Crippen molar-refractivity contribution < 1.29 is 14.6 Å². The van der Waals surface area contributed by atoms with Crippen LogP contribution >= 0.6 is 0 Å². The quantitative estimate of drug-likeness (QED) is 0.813. The number of carboxylic acids is 1. The summed E-state index contributed by atoms with van der Waals surface area (Å²) in [4.78, 5) is 13.3. The summed E-state index contributed by atoms with van der Waals surface area (Å²) in [7, 11) is 0. The van der Waals surface area contributed by atoms with Crippen LogP contribution in [0.3, 0.4) is 0 Å². The number of nitrogens with two attached hydrogens (primary N) is 1. The van der Waals surface area contributed by atoms with E-state index < -0.39 is 5.97 Å². The predicted octanol–water partition coefficient (Wildman–Crippen LogP) is 1.97. The van der Waals surface area contributed by atoms with Gasteiger partial charge in [-0.25, -0.2) is 4.79 Å². The van der Waals surface area contributed by atoms with Gasteiger partial charge in [0.15, 0.2) is 0 Å². The third kappa shape index (κ3) is 3.17. The van der Waals surface area contributed by atoms with Gasteiger partial charge in [-0.05, 0) is 38.0 Å². The Morgan fingerprint density at radius 1 is 1.47 bits per heavy atom. The number of anilines is 2. The second kappa shape index (κ2) is 5.93. The molecule has 1 heterocycles. The van der Waals surface area contributed by atoms with Gasteiger partial charge >= 0.3 is 5.97 Å². The molecule has 0 saturated carbocycles. The van der Waals surface area contributed by atoms with Crippen LogP contribution in [0.4, 0.5) is 11.4 Å². The number of carboxylic acid groups (broad SMARTS) is 1. The van der Waals surface area contributed by atoms with Crippen molar-refractivity contribution in [2.75, 3.05) is 30.3 Å². The minimum Gasteiger partial charge on any atom is -0.478 e. The molecule has 1 aromatic rings. The Bertz CT molecular complexity index is 454. The maximum atomic E-state index is 11.1. The molecule has 5 nitrogen and oxygen atoms in total. The first-order chi connectivity index (χ1) is 9.11. The topological polar surface area (TPSA) is 75.8 Å². The molecular weight excluding hydrogens is 244 g/mol. The Hall–Kier alpha value is -1.75. The number of hydrogen-bond acceptors (Lipinski definition) is 4. The molecule has 1 saturated heterocycles. The highest BCUT2D eigenvalue weighted by atomic mass is 16.5. The Kier molecular flexibility index (Phi) is 4.27. The van der Waals surface area contributed by atoms with Crippen LogP contribution in [-0.4, -0.2) is 36.9 Å². The van der Waals surface area contributed by atoms with E-state index in [1.807, 2.05) is 13.0 Å². The first-order valence-corrected chi connectivity index (χ1v) is 6.61.